The minimum Gasteiger partial charge on any atom is -0.508 e. The van der Waals surface area contributed by atoms with Crippen LogP contribution in [0.3, 0.4) is 0 Å². The SMILES string of the molecule is CCOC(=O)CCNC(=O)C(c1ccc(O)c(C)c1)N(C(=O)C(NC(=O)OC(C)(C)C)C(C)C)C1CCC1. The van der Waals surface area contributed by atoms with Crippen LogP contribution in [0.4, 0.5) is 4.79 Å². The summed E-state index contributed by atoms with van der Waals surface area (Å²) < 4.78 is 10.3. The van der Waals surface area contributed by atoms with Gasteiger partial charge in [-0.3, -0.25) is 14.4 Å². The van der Waals surface area contributed by atoms with Crippen molar-refractivity contribution >= 4 is 23.9 Å². The maximum Gasteiger partial charge on any atom is 0.408 e. The van der Waals surface area contributed by atoms with Gasteiger partial charge in [0, 0.05) is 12.6 Å². The van der Waals surface area contributed by atoms with E-state index in [0.717, 1.165) is 6.42 Å². The highest BCUT2D eigenvalue weighted by Gasteiger charge is 2.42. The summed E-state index contributed by atoms with van der Waals surface area (Å²) in [6.45, 7) is 12.6. The molecule has 3 N–H and O–H groups in total. The van der Waals surface area contributed by atoms with Gasteiger partial charge in [-0.15, -0.1) is 0 Å². The number of phenolic OH excluding ortho intramolecular Hbond substituents is 1. The first-order valence-corrected chi connectivity index (χ1v) is 13.3. The summed E-state index contributed by atoms with van der Waals surface area (Å²) in [5, 5.41) is 15.6. The Morgan fingerprint density at radius 2 is 1.82 bits per heavy atom. The molecule has 1 saturated carbocycles. The zero-order valence-corrected chi connectivity index (χ0v) is 23.6. The summed E-state index contributed by atoms with van der Waals surface area (Å²) in [4.78, 5) is 53.7. The summed E-state index contributed by atoms with van der Waals surface area (Å²) in [5.74, 6) is -1.50. The fourth-order valence-corrected chi connectivity index (χ4v) is 4.20. The van der Waals surface area contributed by atoms with Crippen molar-refractivity contribution < 1.29 is 33.8 Å². The van der Waals surface area contributed by atoms with E-state index in [4.69, 9.17) is 9.47 Å². The number of hydrogen-bond donors (Lipinski definition) is 3. The Morgan fingerprint density at radius 3 is 2.32 bits per heavy atom. The summed E-state index contributed by atoms with van der Waals surface area (Å²) in [7, 11) is 0. The van der Waals surface area contributed by atoms with Crippen LogP contribution in [0.25, 0.3) is 0 Å². The third kappa shape index (κ3) is 8.63. The molecule has 1 aromatic carbocycles. The van der Waals surface area contributed by atoms with Crippen LogP contribution in [0.15, 0.2) is 18.2 Å². The van der Waals surface area contributed by atoms with Gasteiger partial charge in [0.05, 0.1) is 13.0 Å². The largest absolute Gasteiger partial charge is 0.508 e. The van der Waals surface area contributed by atoms with Crippen molar-refractivity contribution in [3.63, 3.8) is 0 Å². The number of benzene rings is 1. The van der Waals surface area contributed by atoms with Gasteiger partial charge >= 0.3 is 12.1 Å². The lowest BCUT2D eigenvalue weighted by molar-refractivity contribution is -0.148. The molecule has 2 atom stereocenters. The molecule has 1 aliphatic rings. The van der Waals surface area contributed by atoms with E-state index in [1.807, 2.05) is 13.8 Å². The van der Waals surface area contributed by atoms with E-state index in [1.165, 1.54) is 6.07 Å². The molecule has 1 aromatic rings. The minimum absolute atomic E-state index is 0.00685. The first-order chi connectivity index (χ1) is 17.7. The van der Waals surface area contributed by atoms with Crippen LogP contribution >= 0.6 is 0 Å². The number of aryl methyl sites for hydroxylation is 1. The van der Waals surface area contributed by atoms with E-state index in [-0.39, 0.29) is 37.3 Å². The van der Waals surface area contributed by atoms with Gasteiger partial charge in [-0.05, 0) is 83.1 Å². The van der Waals surface area contributed by atoms with Crippen molar-refractivity contribution in [2.24, 2.45) is 5.92 Å². The number of phenols is 1. The molecule has 10 heteroatoms. The van der Waals surface area contributed by atoms with Crippen molar-refractivity contribution in [3.8, 4) is 5.75 Å². The van der Waals surface area contributed by atoms with E-state index in [9.17, 15) is 24.3 Å². The number of carbonyl (C=O) groups is 4. The Morgan fingerprint density at radius 1 is 1.16 bits per heavy atom. The topological polar surface area (TPSA) is 134 Å². The van der Waals surface area contributed by atoms with Crippen molar-refractivity contribution in [1.29, 1.82) is 0 Å². The lowest BCUT2D eigenvalue weighted by Crippen LogP contribution is -2.58. The normalized spacial score (nSPS) is 15.2. The standard InChI is InChI=1S/C28H43N3O7/c1-8-37-22(33)14-15-29-25(34)24(19-12-13-21(32)18(4)16-19)31(20-10-9-11-20)26(35)23(17(2)3)30-27(36)38-28(5,6)7/h12-13,16-17,20,23-24,32H,8-11,14-15H2,1-7H3,(H,29,34)(H,30,36). The molecule has 212 valence electrons. The number of hydrogen-bond acceptors (Lipinski definition) is 7. The number of nitrogens with one attached hydrogen (secondary N) is 2. The van der Waals surface area contributed by atoms with Gasteiger partial charge in [-0.25, -0.2) is 4.79 Å². The molecule has 0 bridgehead atoms. The van der Waals surface area contributed by atoms with Crippen LogP contribution in [0, 0.1) is 12.8 Å². The zero-order valence-electron chi connectivity index (χ0n) is 23.6. The molecular weight excluding hydrogens is 490 g/mol. The van der Waals surface area contributed by atoms with Crippen molar-refractivity contribution in [3.05, 3.63) is 29.3 Å². The zero-order chi connectivity index (χ0) is 28.6. The van der Waals surface area contributed by atoms with Crippen LogP contribution in [0.2, 0.25) is 0 Å². The molecule has 0 heterocycles. The molecule has 1 aliphatic carbocycles. The van der Waals surface area contributed by atoms with E-state index >= 15 is 0 Å². The van der Waals surface area contributed by atoms with E-state index in [0.29, 0.717) is 24.0 Å². The monoisotopic (exact) mass is 533 g/mol. The van der Waals surface area contributed by atoms with Crippen molar-refractivity contribution in [2.75, 3.05) is 13.2 Å². The number of ether oxygens (including phenoxy) is 2. The fraction of sp³-hybridized carbons (Fsp3) is 0.643. The third-order valence-electron chi connectivity index (χ3n) is 6.32. The van der Waals surface area contributed by atoms with Gasteiger partial charge in [0.1, 0.15) is 23.4 Å². The number of alkyl carbamates (subject to hydrolysis) is 1. The quantitative estimate of drug-likeness (QED) is 0.369. The number of carbonyl (C=O) groups excluding carboxylic acids is 4. The van der Waals surface area contributed by atoms with Gasteiger partial charge in [0.15, 0.2) is 0 Å². The highest BCUT2D eigenvalue weighted by molar-refractivity contribution is 5.92. The van der Waals surface area contributed by atoms with Crippen molar-refractivity contribution in [1.82, 2.24) is 15.5 Å². The molecule has 1 fully saturated rings. The molecule has 0 spiro atoms. The summed E-state index contributed by atoms with van der Waals surface area (Å²) >= 11 is 0. The van der Waals surface area contributed by atoms with Gasteiger partial charge in [0.25, 0.3) is 0 Å². The second-order valence-corrected chi connectivity index (χ2v) is 11.0. The molecular formula is C28H43N3O7. The average molecular weight is 534 g/mol. The highest BCUT2D eigenvalue weighted by Crippen LogP contribution is 2.35. The fourth-order valence-electron chi connectivity index (χ4n) is 4.20. The third-order valence-corrected chi connectivity index (χ3v) is 6.32. The first kappa shape index (κ1) is 30.9. The Kier molecular flexibility index (Phi) is 11.0. The lowest BCUT2D eigenvalue weighted by Gasteiger charge is -2.44. The Balaban J connectivity index is 2.44. The molecule has 10 nitrogen and oxygen atoms in total. The van der Waals surface area contributed by atoms with Crippen LogP contribution < -0.4 is 10.6 Å². The van der Waals surface area contributed by atoms with Crippen LogP contribution in [0.5, 0.6) is 5.75 Å². The number of rotatable bonds is 11. The van der Waals surface area contributed by atoms with E-state index < -0.39 is 41.6 Å². The predicted molar refractivity (Wildman–Crippen MR) is 142 cm³/mol. The summed E-state index contributed by atoms with van der Waals surface area (Å²) in [6, 6.07) is 2.61. The van der Waals surface area contributed by atoms with Gasteiger partial charge in [-0.2, -0.15) is 0 Å². The smallest absolute Gasteiger partial charge is 0.408 e. The molecule has 0 aliphatic heterocycles. The molecule has 2 rings (SSSR count). The minimum atomic E-state index is -1.03. The highest BCUT2D eigenvalue weighted by atomic mass is 16.6. The predicted octanol–water partition coefficient (Wildman–Crippen LogP) is 3.74. The van der Waals surface area contributed by atoms with Crippen molar-refractivity contribution in [2.45, 2.75) is 97.9 Å². The number of amides is 3. The molecule has 38 heavy (non-hydrogen) atoms. The molecule has 2 unspecified atom stereocenters. The molecule has 0 aromatic heterocycles. The second-order valence-electron chi connectivity index (χ2n) is 11.0. The van der Waals surface area contributed by atoms with Gasteiger partial charge in [0.2, 0.25) is 11.8 Å². The molecule has 0 radical (unpaired) electrons. The van der Waals surface area contributed by atoms with Crippen LogP contribution in [-0.2, 0) is 23.9 Å². The van der Waals surface area contributed by atoms with Gasteiger partial charge < -0.3 is 30.1 Å². The van der Waals surface area contributed by atoms with Crippen LogP contribution in [-0.4, -0.2) is 64.7 Å². The first-order valence-electron chi connectivity index (χ1n) is 13.3. The summed E-state index contributed by atoms with van der Waals surface area (Å²) in [5.41, 5.74) is 0.335. The molecule has 3 amide bonds. The Bertz CT molecular complexity index is 999. The van der Waals surface area contributed by atoms with E-state index in [2.05, 4.69) is 10.6 Å². The Labute approximate surface area is 225 Å². The number of esters is 1. The number of aromatic hydroxyl groups is 1. The average Bonchev–Trinajstić information content (AvgIpc) is 2.76. The van der Waals surface area contributed by atoms with E-state index in [1.54, 1.807) is 51.7 Å². The maximum absolute atomic E-state index is 14.1. The molecule has 0 saturated heterocycles. The summed E-state index contributed by atoms with van der Waals surface area (Å²) in [6.07, 6.45) is 1.62. The number of nitrogens with zero attached hydrogens (tertiary/aromatic N) is 1. The maximum atomic E-state index is 14.1. The lowest BCUT2D eigenvalue weighted by atomic mass is 9.87. The Hall–Kier alpha value is -3.30. The van der Waals surface area contributed by atoms with Crippen LogP contribution in [0.1, 0.15) is 84.4 Å². The van der Waals surface area contributed by atoms with Gasteiger partial charge in [-0.1, -0.05) is 19.9 Å². The second kappa shape index (κ2) is 13.5.